The van der Waals surface area contributed by atoms with Crippen molar-refractivity contribution in [2.24, 2.45) is 5.92 Å². The van der Waals surface area contributed by atoms with Crippen LogP contribution in [0.5, 0.6) is 0 Å². The maximum absolute atomic E-state index is 12.5. The molecule has 1 saturated heterocycles. The molecule has 7 heteroatoms. The van der Waals surface area contributed by atoms with Gasteiger partial charge in [-0.3, -0.25) is 9.69 Å². The molecule has 0 unspecified atom stereocenters. The van der Waals surface area contributed by atoms with Crippen molar-refractivity contribution in [3.8, 4) is 0 Å². The zero-order valence-electron chi connectivity index (χ0n) is 12.7. The Morgan fingerprint density at radius 1 is 1.57 bits per heavy atom. The average molecular weight is 350 g/mol. The summed E-state index contributed by atoms with van der Waals surface area (Å²) in [7, 11) is 0. The number of allylic oxidation sites excluding steroid dienone is 2. The average Bonchev–Trinajstić information content (AvgIpc) is 3.11. The SMILES string of the molecule is CC[C@H](C)[C@@H](C(=O)[O-])N1C(=O)/C(=C/C=C/c2ccco2)SC1=S. The standard InChI is InChI=1S/C16H17NO4S2/c1-3-10(2)13(15(19)20)17-14(18)12(23-16(17)22)8-4-6-11-7-5-9-21-11/h4-10,13H,3H2,1-2H3,(H,19,20)/p-1/b6-4+,12-8-/t10-,13-/m0/s1. The highest BCUT2D eigenvalue weighted by molar-refractivity contribution is 8.26. The molecular formula is C16H16NO4S2-. The maximum Gasteiger partial charge on any atom is 0.266 e. The Morgan fingerprint density at radius 3 is 2.87 bits per heavy atom. The number of hydrogen-bond acceptors (Lipinski definition) is 6. The number of carbonyl (C=O) groups is 2. The van der Waals surface area contributed by atoms with Gasteiger partial charge in [0.25, 0.3) is 5.91 Å². The Morgan fingerprint density at radius 2 is 2.30 bits per heavy atom. The lowest BCUT2D eigenvalue weighted by atomic mass is 9.98. The predicted octanol–water partition coefficient (Wildman–Crippen LogP) is 2.20. The number of amides is 1. The highest BCUT2D eigenvalue weighted by Gasteiger charge is 2.39. The Balaban J connectivity index is 2.20. The molecule has 0 aliphatic carbocycles. The Labute approximate surface area is 144 Å². The van der Waals surface area contributed by atoms with Gasteiger partial charge in [0.1, 0.15) is 10.1 Å². The molecular weight excluding hydrogens is 334 g/mol. The van der Waals surface area contributed by atoms with Crippen LogP contribution in [0.25, 0.3) is 6.08 Å². The van der Waals surface area contributed by atoms with Crippen molar-refractivity contribution < 1.29 is 19.1 Å². The minimum Gasteiger partial charge on any atom is -0.548 e. The van der Waals surface area contributed by atoms with Crippen LogP contribution in [0.2, 0.25) is 0 Å². The van der Waals surface area contributed by atoms with Gasteiger partial charge in [0.2, 0.25) is 0 Å². The van der Waals surface area contributed by atoms with E-state index in [1.54, 1.807) is 43.5 Å². The number of aliphatic carboxylic acids is 1. The number of furan rings is 1. The van der Waals surface area contributed by atoms with E-state index in [1.807, 2.05) is 6.92 Å². The fourth-order valence-electron chi connectivity index (χ4n) is 2.17. The lowest BCUT2D eigenvalue weighted by molar-refractivity contribution is -0.311. The molecule has 1 aliphatic heterocycles. The highest BCUT2D eigenvalue weighted by Crippen LogP contribution is 2.34. The van der Waals surface area contributed by atoms with Crippen molar-refractivity contribution in [3.05, 3.63) is 41.2 Å². The first-order valence-electron chi connectivity index (χ1n) is 7.13. The Kier molecular flexibility index (Phi) is 5.79. The van der Waals surface area contributed by atoms with Crippen LogP contribution in [0.4, 0.5) is 0 Å². The summed E-state index contributed by atoms with van der Waals surface area (Å²) < 4.78 is 5.39. The lowest BCUT2D eigenvalue weighted by Gasteiger charge is -2.32. The van der Waals surface area contributed by atoms with Crippen molar-refractivity contribution in [1.29, 1.82) is 0 Å². The van der Waals surface area contributed by atoms with E-state index >= 15 is 0 Å². The van der Waals surface area contributed by atoms with Gasteiger partial charge in [-0.05, 0) is 30.2 Å². The van der Waals surface area contributed by atoms with Gasteiger partial charge in [-0.2, -0.15) is 0 Å². The normalized spacial score (nSPS) is 19.7. The summed E-state index contributed by atoms with van der Waals surface area (Å²) in [4.78, 5) is 25.4. The first-order valence-corrected chi connectivity index (χ1v) is 8.36. The van der Waals surface area contributed by atoms with Gasteiger partial charge >= 0.3 is 0 Å². The van der Waals surface area contributed by atoms with Crippen molar-refractivity contribution in [3.63, 3.8) is 0 Å². The molecule has 2 rings (SSSR count). The molecule has 0 N–H and O–H groups in total. The second-order valence-corrected chi connectivity index (χ2v) is 6.77. The molecule has 2 heterocycles. The molecule has 2 atom stereocenters. The van der Waals surface area contributed by atoms with Crippen molar-refractivity contribution in [2.75, 3.05) is 0 Å². The molecule has 1 aliphatic rings. The number of nitrogens with zero attached hydrogens (tertiary/aromatic N) is 1. The third-order valence-electron chi connectivity index (χ3n) is 3.58. The fourth-order valence-corrected chi connectivity index (χ4v) is 3.45. The van der Waals surface area contributed by atoms with E-state index in [2.05, 4.69) is 0 Å². The van der Waals surface area contributed by atoms with E-state index in [0.717, 1.165) is 16.7 Å². The number of carbonyl (C=O) groups excluding carboxylic acids is 2. The third-order valence-corrected chi connectivity index (χ3v) is 4.93. The van der Waals surface area contributed by atoms with Crippen LogP contribution in [0, 0.1) is 5.92 Å². The zero-order valence-corrected chi connectivity index (χ0v) is 14.4. The number of thioether (sulfide) groups is 1. The molecule has 0 aromatic carbocycles. The van der Waals surface area contributed by atoms with Gasteiger partial charge in [0.15, 0.2) is 0 Å². The van der Waals surface area contributed by atoms with E-state index in [9.17, 15) is 14.7 Å². The summed E-state index contributed by atoms with van der Waals surface area (Å²) in [5.74, 6) is -1.29. The number of hydrogen-bond donors (Lipinski definition) is 0. The van der Waals surface area contributed by atoms with Gasteiger partial charge in [-0.25, -0.2) is 0 Å². The second-order valence-electron chi connectivity index (χ2n) is 5.10. The molecule has 1 aromatic rings. The topological polar surface area (TPSA) is 73.6 Å². The summed E-state index contributed by atoms with van der Waals surface area (Å²) in [5.41, 5.74) is 0. The quantitative estimate of drug-likeness (QED) is 0.578. The van der Waals surface area contributed by atoms with Gasteiger partial charge in [-0.15, -0.1) is 0 Å². The fraction of sp³-hybridized carbons (Fsp3) is 0.312. The molecule has 1 fully saturated rings. The van der Waals surface area contributed by atoms with Crippen LogP contribution in [-0.4, -0.2) is 27.1 Å². The molecule has 0 radical (unpaired) electrons. The number of carboxylic acids is 1. The molecule has 122 valence electrons. The number of thiocarbonyl (C=S) groups is 1. The van der Waals surface area contributed by atoms with E-state index in [-0.39, 0.29) is 10.2 Å². The molecule has 0 bridgehead atoms. The van der Waals surface area contributed by atoms with Crippen molar-refractivity contribution >= 4 is 46.3 Å². The maximum atomic E-state index is 12.5. The predicted molar refractivity (Wildman–Crippen MR) is 91.1 cm³/mol. The van der Waals surface area contributed by atoms with Gasteiger partial charge in [-0.1, -0.05) is 50.3 Å². The van der Waals surface area contributed by atoms with Crippen LogP contribution >= 0.6 is 24.0 Å². The molecule has 1 amide bonds. The minimum absolute atomic E-state index is 0.238. The van der Waals surface area contributed by atoms with Crippen LogP contribution in [0.1, 0.15) is 26.0 Å². The summed E-state index contributed by atoms with van der Waals surface area (Å²) in [5, 5.41) is 11.4. The van der Waals surface area contributed by atoms with Crippen LogP contribution in [0.15, 0.2) is 39.9 Å². The Hall–Kier alpha value is -1.86. The number of carboxylic acid groups (broad SMARTS) is 1. The van der Waals surface area contributed by atoms with E-state index in [4.69, 9.17) is 16.6 Å². The molecule has 23 heavy (non-hydrogen) atoms. The minimum atomic E-state index is -1.29. The summed E-state index contributed by atoms with van der Waals surface area (Å²) in [6.45, 7) is 3.62. The molecule has 0 spiro atoms. The molecule has 5 nitrogen and oxygen atoms in total. The smallest absolute Gasteiger partial charge is 0.266 e. The van der Waals surface area contributed by atoms with Crippen LogP contribution in [0.3, 0.4) is 0 Å². The van der Waals surface area contributed by atoms with Gasteiger partial charge in [0, 0.05) is 0 Å². The molecule has 0 saturated carbocycles. The van der Waals surface area contributed by atoms with Crippen molar-refractivity contribution in [2.45, 2.75) is 26.3 Å². The number of rotatable bonds is 6. The van der Waals surface area contributed by atoms with Gasteiger partial charge < -0.3 is 14.3 Å². The first kappa shape index (κ1) is 17.5. The Bertz CT molecular complexity index is 664. The monoisotopic (exact) mass is 350 g/mol. The van der Waals surface area contributed by atoms with Gasteiger partial charge in [0.05, 0.1) is 23.2 Å². The van der Waals surface area contributed by atoms with E-state index in [1.165, 1.54) is 0 Å². The summed E-state index contributed by atoms with van der Waals surface area (Å²) in [6, 6.07) is 2.49. The summed E-state index contributed by atoms with van der Waals surface area (Å²) in [6.07, 6.45) is 7.13. The zero-order chi connectivity index (χ0) is 17.0. The highest BCUT2D eigenvalue weighted by atomic mass is 32.2. The second kappa shape index (κ2) is 7.61. The van der Waals surface area contributed by atoms with Crippen LogP contribution < -0.4 is 5.11 Å². The lowest BCUT2D eigenvalue weighted by Crippen LogP contribution is -2.53. The third kappa shape index (κ3) is 3.92. The van der Waals surface area contributed by atoms with Crippen LogP contribution in [-0.2, 0) is 9.59 Å². The van der Waals surface area contributed by atoms with E-state index in [0.29, 0.717) is 17.1 Å². The summed E-state index contributed by atoms with van der Waals surface area (Å²) >= 11 is 6.27. The first-order chi connectivity index (χ1) is 11.0. The van der Waals surface area contributed by atoms with E-state index < -0.39 is 17.9 Å². The largest absolute Gasteiger partial charge is 0.548 e. The van der Waals surface area contributed by atoms with Crippen molar-refractivity contribution in [1.82, 2.24) is 4.90 Å². The molecule has 1 aromatic heterocycles.